The first-order chi connectivity index (χ1) is 7.09. The lowest BCUT2D eigenvalue weighted by Gasteiger charge is -2.06. The van der Waals surface area contributed by atoms with Crippen molar-refractivity contribution < 1.29 is 9.90 Å². The quantitative estimate of drug-likeness (QED) is 0.792. The van der Waals surface area contributed by atoms with Gasteiger partial charge in [-0.1, -0.05) is 0 Å². The van der Waals surface area contributed by atoms with Crippen LogP contribution in [-0.2, 0) is 6.54 Å². The summed E-state index contributed by atoms with van der Waals surface area (Å²) < 4.78 is 1.40. The predicted molar refractivity (Wildman–Crippen MR) is 52.9 cm³/mol. The summed E-state index contributed by atoms with van der Waals surface area (Å²) in [4.78, 5) is 26.5. The Bertz CT molecular complexity index is 460. The number of carbonyl (C=O) groups is 1. The number of hydrogen-bond donors (Lipinski definition) is 1. The zero-order valence-electron chi connectivity index (χ0n) is 8.43. The number of nitrogens with zero attached hydrogens (tertiary/aromatic N) is 2. The summed E-state index contributed by atoms with van der Waals surface area (Å²) in [6.07, 6.45) is 3.66. The third-order valence-electron chi connectivity index (χ3n) is 2.59. The maximum absolute atomic E-state index is 11.7. The van der Waals surface area contributed by atoms with Gasteiger partial charge in [0.05, 0.1) is 12.0 Å². The maximum Gasteiger partial charge on any atom is 0.343 e. The second kappa shape index (κ2) is 3.49. The van der Waals surface area contributed by atoms with Crippen LogP contribution in [0.4, 0.5) is 0 Å². The normalized spacial score (nSPS) is 15.3. The molecule has 1 aromatic heterocycles. The fourth-order valence-corrected chi connectivity index (χ4v) is 1.53. The van der Waals surface area contributed by atoms with E-state index in [1.807, 2.05) is 0 Å². The number of aryl methyl sites for hydroxylation is 1. The highest BCUT2D eigenvalue weighted by Gasteiger charge is 2.24. The first kappa shape index (κ1) is 9.89. The molecule has 1 aliphatic carbocycles. The van der Waals surface area contributed by atoms with Crippen LogP contribution in [-0.4, -0.2) is 20.6 Å². The second-order valence-electron chi connectivity index (χ2n) is 3.91. The van der Waals surface area contributed by atoms with Gasteiger partial charge >= 0.3 is 5.97 Å². The topological polar surface area (TPSA) is 72.2 Å². The van der Waals surface area contributed by atoms with Gasteiger partial charge in [-0.3, -0.25) is 9.36 Å². The predicted octanol–water partition coefficient (Wildman–Crippen LogP) is 0.660. The van der Waals surface area contributed by atoms with E-state index in [2.05, 4.69) is 4.98 Å². The standard InChI is InChI=1S/C10H12N2O3/c1-6-8(10(14)15)9(13)12(5-11-6)4-7-2-3-7/h5,7H,2-4H2,1H3,(H,14,15). The van der Waals surface area contributed by atoms with Crippen LogP contribution in [0.2, 0.25) is 0 Å². The van der Waals surface area contributed by atoms with Crippen molar-refractivity contribution in [3.63, 3.8) is 0 Å². The van der Waals surface area contributed by atoms with Gasteiger partial charge in [-0.15, -0.1) is 0 Å². The van der Waals surface area contributed by atoms with Crippen LogP contribution in [0.1, 0.15) is 28.9 Å². The molecule has 0 aromatic carbocycles. The molecule has 0 amide bonds. The molecule has 0 unspecified atom stereocenters. The number of aromatic nitrogens is 2. The van der Waals surface area contributed by atoms with E-state index in [0.717, 1.165) is 12.8 Å². The molecular formula is C10H12N2O3. The Kier molecular flexibility index (Phi) is 2.30. The summed E-state index contributed by atoms with van der Waals surface area (Å²) in [5, 5.41) is 8.87. The highest BCUT2D eigenvalue weighted by atomic mass is 16.4. The fraction of sp³-hybridized carbons (Fsp3) is 0.500. The van der Waals surface area contributed by atoms with E-state index >= 15 is 0 Å². The first-order valence-corrected chi connectivity index (χ1v) is 4.89. The van der Waals surface area contributed by atoms with Gasteiger partial charge in [0, 0.05) is 6.54 Å². The molecular weight excluding hydrogens is 196 g/mol. The average molecular weight is 208 g/mol. The van der Waals surface area contributed by atoms with Crippen molar-refractivity contribution in [2.75, 3.05) is 0 Å². The third-order valence-corrected chi connectivity index (χ3v) is 2.59. The van der Waals surface area contributed by atoms with Crippen LogP contribution >= 0.6 is 0 Å². The Morgan fingerprint density at radius 3 is 2.87 bits per heavy atom. The molecule has 1 fully saturated rings. The van der Waals surface area contributed by atoms with Crippen LogP contribution in [0.15, 0.2) is 11.1 Å². The van der Waals surface area contributed by atoms with Crippen molar-refractivity contribution >= 4 is 5.97 Å². The van der Waals surface area contributed by atoms with Crippen molar-refractivity contribution in [1.82, 2.24) is 9.55 Å². The molecule has 0 spiro atoms. The average Bonchev–Trinajstić information content (AvgIpc) is 2.93. The van der Waals surface area contributed by atoms with Crippen LogP contribution in [0.5, 0.6) is 0 Å². The molecule has 0 bridgehead atoms. The number of aromatic carboxylic acids is 1. The molecule has 1 saturated carbocycles. The van der Waals surface area contributed by atoms with Crippen molar-refractivity contribution in [3.8, 4) is 0 Å². The first-order valence-electron chi connectivity index (χ1n) is 4.89. The highest BCUT2D eigenvalue weighted by molar-refractivity contribution is 5.88. The van der Waals surface area contributed by atoms with E-state index in [0.29, 0.717) is 12.5 Å². The van der Waals surface area contributed by atoms with Crippen molar-refractivity contribution in [1.29, 1.82) is 0 Å². The zero-order chi connectivity index (χ0) is 11.0. The number of rotatable bonds is 3. The molecule has 1 aliphatic rings. The Hall–Kier alpha value is -1.65. The van der Waals surface area contributed by atoms with Gasteiger partial charge in [0.15, 0.2) is 0 Å². The van der Waals surface area contributed by atoms with E-state index in [4.69, 9.17) is 5.11 Å². The lowest BCUT2D eigenvalue weighted by molar-refractivity contribution is 0.0692. The molecule has 0 radical (unpaired) electrons. The monoisotopic (exact) mass is 208 g/mol. The van der Waals surface area contributed by atoms with E-state index in [9.17, 15) is 9.59 Å². The van der Waals surface area contributed by atoms with E-state index < -0.39 is 11.5 Å². The molecule has 0 saturated heterocycles. The van der Waals surface area contributed by atoms with Gasteiger partial charge in [-0.2, -0.15) is 0 Å². The molecule has 80 valence electrons. The maximum atomic E-state index is 11.7. The fourth-order valence-electron chi connectivity index (χ4n) is 1.53. The van der Waals surface area contributed by atoms with Gasteiger partial charge in [-0.05, 0) is 25.7 Å². The number of hydrogen-bond acceptors (Lipinski definition) is 3. The minimum Gasteiger partial charge on any atom is -0.477 e. The van der Waals surface area contributed by atoms with E-state index in [1.54, 1.807) is 0 Å². The van der Waals surface area contributed by atoms with Crippen LogP contribution in [0.3, 0.4) is 0 Å². The van der Waals surface area contributed by atoms with Gasteiger partial charge < -0.3 is 5.11 Å². The molecule has 5 nitrogen and oxygen atoms in total. The Balaban J connectivity index is 2.44. The van der Waals surface area contributed by atoms with Gasteiger partial charge in [0.2, 0.25) is 0 Å². The van der Waals surface area contributed by atoms with Gasteiger partial charge in [0.25, 0.3) is 5.56 Å². The minimum absolute atomic E-state index is 0.210. The largest absolute Gasteiger partial charge is 0.477 e. The summed E-state index contributed by atoms with van der Waals surface area (Å²) in [6.45, 7) is 2.12. The molecule has 1 aromatic rings. The Labute approximate surface area is 86.4 Å². The zero-order valence-corrected chi connectivity index (χ0v) is 8.43. The molecule has 2 rings (SSSR count). The second-order valence-corrected chi connectivity index (χ2v) is 3.91. The van der Waals surface area contributed by atoms with Gasteiger partial charge in [0.1, 0.15) is 5.56 Å². The SMILES string of the molecule is Cc1ncn(CC2CC2)c(=O)c1C(=O)O. The number of carboxylic acid groups (broad SMARTS) is 1. The highest BCUT2D eigenvalue weighted by Crippen LogP contribution is 2.29. The lowest BCUT2D eigenvalue weighted by atomic mass is 10.2. The molecule has 0 atom stereocenters. The summed E-state index contributed by atoms with van der Waals surface area (Å²) in [5.41, 5.74) is -0.375. The summed E-state index contributed by atoms with van der Waals surface area (Å²) in [6, 6.07) is 0. The minimum atomic E-state index is -1.20. The summed E-state index contributed by atoms with van der Waals surface area (Å²) in [7, 11) is 0. The number of carboxylic acids is 1. The van der Waals surface area contributed by atoms with Crippen molar-refractivity contribution in [3.05, 3.63) is 27.9 Å². The van der Waals surface area contributed by atoms with E-state index in [1.165, 1.54) is 17.8 Å². The van der Waals surface area contributed by atoms with Crippen LogP contribution < -0.4 is 5.56 Å². The smallest absolute Gasteiger partial charge is 0.343 e. The molecule has 0 aliphatic heterocycles. The Morgan fingerprint density at radius 2 is 2.33 bits per heavy atom. The van der Waals surface area contributed by atoms with Crippen molar-refractivity contribution in [2.45, 2.75) is 26.3 Å². The molecule has 5 heteroatoms. The van der Waals surface area contributed by atoms with Crippen LogP contribution in [0.25, 0.3) is 0 Å². The van der Waals surface area contributed by atoms with Gasteiger partial charge in [-0.25, -0.2) is 9.78 Å². The van der Waals surface area contributed by atoms with Crippen molar-refractivity contribution in [2.24, 2.45) is 5.92 Å². The summed E-state index contributed by atoms with van der Waals surface area (Å²) >= 11 is 0. The molecule has 1 N–H and O–H groups in total. The molecule has 1 heterocycles. The van der Waals surface area contributed by atoms with E-state index in [-0.39, 0.29) is 11.3 Å². The molecule has 15 heavy (non-hydrogen) atoms. The third kappa shape index (κ3) is 1.91. The lowest BCUT2D eigenvalue weighted by Crippen LogP contribution is -2.28. The van der Waals surface area contributed by atoms with Crippen LogP contribution in [0, 0.1) is 12.8 Å². The Morgan fingerprint density at radius 1 is 1.67 bits per heavy atom. The summed E-state index contributed by atoms with van der Waals surface area (Å²) in [5.74, 6) is -0.677.